The minimum absolute atomic E-state index is 0.0284. The van der Waals surface area contributed by atoms with Gasteiger partial charge in [0.25, 0.3) is 0 Å². The Labute approximate surface area is 109 Å². The molecule has 2 nitrogen and oxygen atoms in total. The minimum atomic E-state index is -0.310. The molecule has 0 aliphatic carbocycles. The molecule has 0 unspecified atom stereocenters. The molecule has 0 fully saturated rings. The van der Waals surface area contributed by atoms with Gasteiger partial charge in [0.15, 0.2) is 0 Å². The fourth-order valence-corrected chi connectivity index (χ4v) is 4.17. The van der Waals surface area contributed by atoms with Gasteiger partial charge >= 0.3 is 109 Å². The zero-order valence-electron chi connectivity index (χ0n) is 9.68. The summed E-state index contributed by atoms with van der Waals surface area (Å²) in [5, 5.41) is 0.737. The van der Waals surface area contributed by atoms with Crippen LogP contribution in [0.5, 0.6) is 0 Å². The first-order chi connectivity index (χ1) is 8.66. The number of hydrogen-bond acceptors (Lipinski definition) is 1. The number of nitrogens with zero attached hydrogens (tertiary/aromatic N) is 1. The average Bonchev–Trinajstić information content (AvgIpc) is 2.71. The van der Waals surface area contributed by atoms with Crippen molar-refractivity contribution in [3.8, 4) is 5.69 Å². The number of hydrogen-bond donors (Lipinski definition) is 0. The second-order valence-corrected chi connectivity index (χ2v) is 6.19. The van der Waals surface area contributed by atoms with E-state index in [1.165, 1.54) is 12.1 Å². The van der Waals surface area contributed by atoms with E-state index in [1.807, 2.05) is 31.2 Å². The Morgan fingerprint density at radius 2 is 1.94 bits per heavy atom. The van der Waals surface area contributed by atoms with Crippen LogP contribution in [0.2, 0.25) is 0 Å². The molecule has 3 aromatic rings. The van der Waals surface area contributed by atoms with Gasteiger partial charge in [0.1, 0.15) is 0 Å². The molecule has 0 atom stereocenters. The van der Waals surface area contributed by atoms with Gasteiger partial charge in [-0.05, 0) is 0 Å². The summed E-state index contributed by atoms with van der Waals surface area (Å²) in [4.78, 5) is 12.3. The first kappa shape index (κ1) is 11.4. The van der Waals surface area contributed by atoms with Crippen LogP contribution in [0.15, 0.2) is 47.3 Å². The van der Waals surface area contributed by atoms with Gasteiger partial charge in [0, 0.05) is 0 Å². The van der Waals surface area contributed by atoms with Crippen LogP contribution < -0.4 is 5.56 Å². The van der Waals surface area contributed by atoms with Crippen molar-refractivity contribution in [1.29, 1.82) is 0 Å². The van der Waals surface area contributed by atoms with Crippen LogP contribution in [0.4, 0.5) is 4.39 Å². The molecule has 0 radical (unpaired) electrons. The van der Waals surface area contributed by atoms with Gasteiger partial charge in [0.05, 0.1) is 0 Å². The summed E-state index contributed by atoms with van der Waals surface area (Å²) in [6.07, 6.45) is 0. The van der Waals surface area contributed by atoms with E-state index in [0.29, 0.717) is 5.69 Å². The Morgan fingerprint density at radius 3 is 2.72 bits per heavy atom. The first-order valence-corrected chi connectivity index (χ1v) is 7.17. The van der Waals surface area contributed by atoms with E-state index < -0.39 is 0 Å². The van der Waals surface area contributed by atoms with E-state index >= 15 is 0 Å². The van der Waals surface area contributed by atoms with E-state index in [-0.39, 0.29) is 26.1 Å². The number of rotatable bonds is 1. The summed E-state index contributed by atoms with van der Waals surface area (Å²) >= 11 is -0.105. The van der Waals surface area contributed by atoms with Gasteiger partial charge in [-0.2, -0.15) is 0 Å². The van der Waals surface area contributed by atoms with Crippen LogP contribution in [0, 0.1) is 12.7 Å². The van der Waals surface area contributed by atoms with Gasteiger partial charge in [-0.1, -0.05) is 0 Å². The quantitative estimate of drug-likeness (QED) is 0.633. The van der Waals surface area contributed by atoms with E-state index in [9.17, 15) is 9.18 Å². The molecule has 0 saturated heterocycles. The monoisotopic (exact) mass is 307 g/mol. The number of aromatic nitrogens is 1. The Kier molecular flexibility index (Phi) is 2.69. The van der Waals surface area contributed by atoms with E-state index in [2.05, 4.69) is 0 Å². The van der Waals surface area contributed by atoms with Crippen molar-refractivity contribution in [1.82, 2.24) is 3.56 Å². The Hall–Kier alpha value is -1.64. The van der Waals surface area contributed by atoms with E-state index in [1.54, 1.807) is 9.63 Å². The summed E-state index contributed by atoms with van der Waals surface area (Å²) < 4.78 is 16.1. The number of aryl methyl sites for hydroxylation is 1. The molecular formula is C14H10FNOSe. The summed E-state index contributed by atoms with van der Waals surface area (Å²) in [5.74, 6) is -0.310. The van der Waals surface area contributed by atoms with Crippen molar-refractivity contribution in [2.75, 3.05) is 0 Å². The number of fused-ring (bicyclic) bond motifs is 1. The topological polar surface area (TPSA) is 22.0 Å². The summed E-state index contributed by atoms with van der Waals surface area (Å²) in [6, 6.07) is 12.1. The van der Waals surface area contributed by atoms with Crippen molar-refractivity contribution in [3.05, 3.63) is 64.2 Å². The molecular weight excluding hydrogens is 296 g/mol. The third kappa shape index (κ3) is 1.74. The standard InChI is InChI=1S/C14H10FNOSe/c1-9-6-7-10(15)8-12(9)16-14(17)11-4-2-3-5-13(11)18-16/h2-8H,1H3. The zero-order chi connectivity index (χ0) is 12.7. The van der Waals surface area contributed by atoms with Gasteiger partial charge in [-0.25, -0.2) is 0 Å². The molecule has 1 heterocycles. The van der Waals surface area contributed by atoms with Crippen molar-refractivity contribution < 1.29 is 4.39 Å². The summed E-state index contributed by atoms with van der Waals surface area (Å²) in [5.41, 5.74) is 1.56. The molecule has 1 aromatic heterocycles. The normalized spacial score (nSPS) is 11.0. The average molecular weight is 306 g/mol. The fraction of sp³-hybridized carbons (Fsp3) is 0.0714. The molecule has 4 heteroatoms. The molecule has 2 aromatic carbocycles. The molecule has 3 rings (SSSR count). The van der Waals surface area contributed by atoms with Crippen LogP contribution in [0.25, 0.3) is 15.3 Å². The van der Waals surface area contributed by atoms with Crippen molar-refractivity contribution in [2.24, 2.45) is 0 Å². The molecule has 0 aliphatic heterocycles. The summed E-state index contributed by atoms with van der Waals surface area (Å²) in [7, 11) is 0. The molecule has 0 saturated carbocycles. The Morgan fingerprint density at radius 1 is 1.17 bits per heavy atom. The maximum atomic E-state index is 13.3. The second kappa shape index (κ2) is 4.23. The molecule has 0 spiro atoms. The van der Waals surface area contributed by atoms with E-state index in [4.69, 9.17) is 0 Å². The van der Waals surface area contributed by atoms with Crippen LogP contribution in [0.1, 0.15) is 5.56 Å². The molecule has 18 heavy (non-hydrogen) atoms. The van der Waals surface area contributed by atoms with Crippen LogP contribution in [0.3, 0.4) is 0 Å². The van der Waals surface area contributed by atoms with E-state index in [0.717, 1.165) is 15.2 Å². The Bertz CT molecular complexity index is 788. The van der Waals surface area contributed by atoms with Gasteiger partial charge in [0.2, 0.25) is 0 Å². The molecule has 0 bridgehead atoms. The fourth-order valence-electron chi connectivity index (χ4n) is 1.93. The van der Waals surface area contributed by atoms with Gasteiger partial charge in [-0.3, -0.25) is 0 Å². The first-order valence-electron chi connectivity index (χ1n) is 5.54. The predicted octanol–water partition coefficient (Wildman–Crippen LogP) is 2.50. The Balaban J connectivity index is 2.35. The SMILES string of the molecule is Cc1ccc(F)cc1-n1[se]c2ccccc2c1=O. The van der Waals surface area contributed by atoms with Gasteiger partial charge in [-0.15, -0.1) is 0 Å². The molecule has 0 N–H and O–H groups in total. The molecule has 0 amide bonds. The van der Waals surface area contributed by atoms with Gasteiger partial charge < -0.3 is 0 Å². The number of halogens is 1. The zero-order valence-corrected chi connectivity index (χ0v) is 11.4. The predicted molar refractivity (Wildman–Crippen MR) is 71.2 cm³/mol. The third-order valence-electron chi connectivity index (χ3n) is 2.88. The summed E-state index contributed by atoms with van der Waals surface area (Å²) in [6.45, 7) is 1.89. The third-order valence-corrected chi connectivity index (χ3v) is 5.18. The van der Waals surface area contributed by atoms with Crippen LogP contribution in [-0.2, 0) is 0 Å². The van der Waals surface area contributed by atoms with Crippen LogP contribution in [-0.4, -0.2) is 18.3 Å². The maximum absolute atomic E-state index is 13.3. The second-order valence-electron chi connectivity index (χ2n) is 4.12. The number of benzene rings is 2. The van der Waals surface area contributed by atoms with Crippen molar-refractivity contribution >= 4 is 24.4 Å². The van der Waals surface area contributed by atoms with Crippen LogP contribution >= 0.6 is 0 Å². The molecule has 0 aliphatic rings. The van der Waals surface area contributed by atoms with Crippen molar-refractivity contribution in [2.45, 2.75) is 6.92 Å². The molecule has 90 valence electrons. The van der Waals surface area contributed by atoms with Crippen molar-refractivity contribution in [3.63, 3.8) is 0 Å².